The van der Waals surface area contributed by atoms with Crippen LogP contribution in [0, 0.1) is 0 Å². The van der Waals surface area contributed by atoms with Crippen molar-refractivity contribution in [2.75, 3.05) is 25.9 Å². The summed E-state index contributed by atoms with van der Waals surface area (Å²) in [6.07, 6.45) is -6.79. The molecule has 1 unspecified atom stereocenters. The minimum absolute atomic E-state index is 0.0584. The molecular weight excluding hydrogens is 271 g/mol. The largest absolute Gasteiger partial charge is 0.415 e. The van der Waals surface area contributed by atoms with Gasteiger partial charge in [0, 0.05) is 6.54 Å². The maximum Gasteiger partial charge on any atom is 0.415 e. The average Bonchev–Trinajstić information content (AvgIpc) is 2.15. The molecule has 0 bridgehead atoms. The second-order valence-corrected chi connectivity index (χ2v) is 7.27. The molecule has 8 heteroatoms. The van der Waals surface area contributed by atoms with Crippen molar-refractivity contribution in [3.05, 3.63) is 0 Å². The molecule has 0 saturated carbocycles. The summed E-state index contributed by atoms with van der Waals surface area (Å²) < 4.78 is 59.1. The van der Waals surface area contributed by atoms with Crippen LogP contribution >= 0.6 is 0 Å². The summed E-state index contributed by atoms with van der Waals surface area (Å²) in [5.41, 5.74) is 0. The van der Waals surface area contributed by atoms with Gasteiger partial charge in [0.1, 0.15) is 0 Å². The van der Waals surface area contributed by atoms with Crippen LogP contribution in [0.5, 0.6) is 0 Å². The van der Waals surface area contributed by atoms with Gasteiger partial charge in [-0.25, -0.2) is 8.42 Å². The lowest BCUT2D eigenvalue weighted by Gasteiger charge is -2.22. The van der Waals surface area contributed by atoms with E-state index >= 15 is 0 Å². The summed E-state index contributed by atoms with van der Waals surface area (Å²) in [5, 5.41) is 8.34. The highest BCUT2D eigenvalue weighted by Gasteiger charge is 2.38. The van der Waals surface area contributed by atoms with E-state index in [1.807, 2.05) is 0 Å². The molecular formula is C10H20F3NO3S. The highest BCUT2D eigenvalue weighted by molar-refractivity contribution is 7.91. The Kier molecular flexibility index (Phi) is 6.59. The SMILES string of the molecule is CC(C)S(=O)(=O)CCCN(C)CC(O)C(F)(F)F. The van der Waals surface area contributed by atoms with E-state index in [9.17, 15) is 21.6 Å². The second-order valence-electron chi connectivity index (χ2n) is 4.59. The lowest BCUT2D eigenvalue weighted by atomic mass is 10.3. The first-order chi connectivity index (χ1) is 7.97. The van der Waals surface area contributed by atoms with Gasteiger partial charge in [-0.2, -0.15) is 13.2 Å². The molecule has 0 amide bonds. The van der Waals surface area contributed by atoms with Crippen LogP contribution in [0.2, 0.25) is 0 Å². The molecule has 0 aromatic heterocycles. The highest BCUT2D eigenvalue weighted by atomic mass is 32.2. The van der Waals surface area contributed by atoms with Gasteiger partial charge in [0.25, 0.3) is 0 Å². The molecule has 0 radical (unpaired) electrons. The van der Waals surface area contributed by atoms with Gasteiger partial charge >= 0.3 is 6.18 Å². The fraction of sp³-hybridized carbons (Fsp3) is 1.00. The fourth-order valence-electron chi connectivity index (χ4n) is 1.26. The molecule has 0 aliphatic rings. The molecule has 1 atom stereocenters. The quantitative estimate of drug-likeness (QED) is 0.762. The van der Waals surface area contributed by atoms with Crippen molar-refractivity contribution in [1.82, 2.24) is 4.90 Å². The average molecular weight is 291 g/mol. The van der Waals surface area contributed by atoms with Gasteiger partial charge in [0.15, 0.2) is 15.9 Å². The van der Waals surface area contributed by atoms with E-state index in [1.54, 1.807) is 13.8 Å². The van der Waals surface area contributed by atoms with Crippen molar-refractivity contribution in [1.29, 1.82) is 0 Å². The number of alkyl halides is 3. The summed E-state index contributed by atoms with van der Waals surface area (Å²) in [6.45, 7) is 2.77. The number of aliphatic hydroxyl groups is 1. The zero-order chi connectivity index (χ0) is 14.6. The summed E-state index contributed by atoms with van der Waals surface area (Å²) in [7, 11) is -1.75. The summed E-state index contributed by atoms with van der Waals surface area (Å²) in [4.78, 5) is 1.27. The molecule has 0 aromatic rings. The first-order valence-electron chi connectivity index (χ1n) is 5.61. The van der Waals surface area contributed by atoms with E-state index < -0.39 is 33.9 Å². The van der Waals surface area contributed by atoms with Crippen LogP contribution in [0.3, 0.4) is 0 Å². The third-order valence-electron chi connectivity index (χ3n) is 2.55. The fourth-order valence-corrected chi connectivity index (χ4v) is 2.26. The van der Waals surface area contributed by atoms with E-state index in [1.165, 1.54) is 11.9 Å². The molecule has 0 rings (SSSR count). The van der Waals surface area contributed by atoms with Crippen LogP contribution in [0.1, 0.15) is 20.3 Å². The number of rotatable bonds is 7. The minimum Gasteiger partial charge on any atom is -0.382 e. The first-order valence-corrected chi connectivity index (χ1v) is 7.33. The molecule has 0 heterocycles. The van der Waals surface area contributed by atoms with Gasteiger partial charge in [-0.1, -0.05) is 0 Å². The Balaban J connectivity index is 4.03. The van der Waals surface area contributed by atoms with Crippen molar-refractivity contribution in [3.8, 4) is 0 Å². The summed E-state index contributed by atoms with van der Waals surface area (Å²) in [5.74, 6) is -0.0584. The molecule has 1 N–H and O–H groups in total. The Morgan fingerprint density at radius 2 is 1.78 bits per heavy atom. The number of hydrogen-bond acceptors (Lipinski definition) is 4. The summed E-state index contributed by atoms with van der Waals surface area (Å²) in [6, 6.07) is 0. The number of likely N-dealkylation sites (N-methyl/N-ethyl adjacent to an activating group) is 1. The highest BCUT2D eigenvalue weighted by Crippen LogP contribution is 2.20. The number of hydrogen-bond donors (Lipinski definition) is 1. The van der Waals surface area contributed by atoms with Gasteiger partial charge in [-0.15, -0.1) is 0 Å². The smallest absolute Gasteiger partial charge is 0.382 e. The van der Waals surface area contributed by atoms with Crippen LogP contribution in [0.4, 0.5) is 13.2 Å². The Hall–Kier alpha value is -0.340. The number of aliphatic hydroxyl groups excluding tert-OH is 1. The van der Waals surface area contributed by atoms with Crippen molar-refractivity contribution >= 4 is 9.84 Å². The van der Waals surface area contributed by atoms with Crippen LogP contribution in [-0.2, 0) is 9.84 Å². The van der Waals surface area contributed by atoms with Gasteiger partial charge < -0.3 is 10.0 Å². The van der Waals surface area contributed by atoms with E-state index in [4.69, 9.17) is 5.11 Å². The Morgan fingerprint density at radius 3 is 2.17 bits per heavy atom. The van der Waals surface area contributed by atoms with Crippen LogP contribution in [-0.4, -0.2) is 61.8 Å². The van der Waals surface area contributed by atoms with Gasteiger partial charge in [0.2, 0.25) is 0 Å². The zero-order valence-corrected chi connectivity index (χ0v) is 11.6. The van der Waals surface area contributed by atoms with Gasteiger partial charge in [-0.05, 0) is 33.9 Å². The molecule has 4 nitrogen and oxygen atoms in total. The topological polar surface area (TPSA) is 57.6 Å². The van der Waals surface area contributed by atoms with Gasteiger partial charge in [0.05, 0.1) is 11.0 Å². The van der Waals surface area contributed by atoms with Gasteiger partial charge in [-0.3, -0.25) is 0 Å². The lowest BCUT2D eigenvalue weighted by Crippen LogP contribution is -2.40. The molecule has 18 heavy (non-hydrogen) atoms. The minimum atomic E-state index is -4.64. The molecule has 0 spiro atoms. The number of halogens is 3. The van der Waals surface area contributed by atoms with E-state index in [0.717, 1.165) is 0 Å². The zero-order valence-electron chi connectivity index (χ0n) is 10.7. The molecule has 0 aliphatic carbocycles. The van der Waals surface area contributed by atoms with Crippen molar-refractivity contribution in [2.24, 2.45) is 0 Å². The first kappa shape index (κ1) is 17.7. The Bertz CT molecular complexity index is 341. The van der Waals surface area contributed by atoms with Crippen LogP contribution in [0.25, 0.3) is 0 Å². The number of nitrogens with zero attached hydrogens (tertiary/aromatic N) is 1. The van der Waals surface area contributed by atoms with Crippen molar-refractivity contribution < 1.29 is 26.7 Å². The van der Waals surface area contributed by atoms with Crippen molar-refractivity contribution in [3.63, 3.8) is 0 Å². The second kappa shape index (κ2) is 6.72. The lowest BCUT2D eigenvalue weighted by molar-refractivity contribution is -0.207. The Labute approximate surface area is 106 Å². The predicted molar refractivity (Wildman–Crippen MR) is 63.1 cm³/mol. The maximum atomic E-state index is 12.1. The molecule has 0 fully saturated rings. The van der Waals surface area contributed by atoms with Crippen molar-refractivity contribution in [2.45, 2.75) is 37.8 Å². The summed E-state index contributed by atoms with van der Waals surface area (Å²) >= 11 is 0. The molecule has 110 valence electrons. The Morgan fingerprint density at radius 1 is 1.28 bits per heavy atom. The van der Waals surface area contributed by atoms with Crippen LogP contribution in [0.15, 0.2) is 0 Å². The normalized spacial score (nSPS) is 15.4. The predicted octanol–water partition coefficient (Wildman–Crippen LogP) is 1.05. The third-order valence-corrected chi connectivity index (χ3v) is 4.84. The maximum absolute atomic E-state index is 12.1. The molecule has 0 aliphatic heterocycles. The van der Waals surface area contributed by atoms with Crippen LogP contribution < -0.4 is 0 Å². The number of sulfone groups is 1. The third kappa shape index (κ3) is 6.55. The standard InChI is InChI=1S/C10H20F3NO3S/c1-8(2)18(16,17)6-4-5-14(3)7-9(15)10(11,12)13/h8-9,15H,4-7H2,1-3H3. The monoisotopic (exact) mass is 291 g/mol. The van der Waals surface area contributed by atoms with E-state index in [2.05, 4.69) is 0 Å². The molecule has 0 aromatic carbocycles. The van der Waals surface area contributed by atoms with E-state index in [0.29, 0.717) is 0 Å². The molecule has 0 saturated heterocycles. The van der Waals surface area contributed by atoms with E-state index in [-0.39, 0.29) is 18.7 Å².